The molecule has 1 aromatic rings. The van der Waals surface area contributed by atoms with E-state index in [2.05, 4.69) is 59.6 Å². The van der Waals surface area contributed by atoms with Gasteiger partial charge in [-0.1, -0.05) is 29.8 Å². The summed E-state index contributed by atoms with van der Waals surface area (Å²) in [5.41, 5.74) is 1.05. The number of hydrogen-bond donors (Lipinski definition) is 0. The molecule has 3 nitrogen and oxygen atoms in total. The fraction of sp³-hybridized carbons (Fsp3) is 0.714. The van der Waals surface area contributed by atoms with Crippen molar-refractivity contribution in [3.05, 3.63) is 17.6 Å². The lowest BCUT2D eigenvalue weighted by atomic mass is 10.2. The van der Waals surface area contributed by atoms with E-state index in [1.807, 2.05) is 6.92 Å². The predicted octanol–water partition coefficient (Wildman–Crippen LogP) is 3.91. The Morgan fingerprint density at radius 1 is 1.22 bits per heavy atom. The molecule has 0 aliphatic rings. The standard InChI is InChI=1S/C14H24BrN3/c1-10(2)14-16-12(5)9-13(17-14)18(11(3)4)8-6-7-15/h9-11H,6-8H2,1-5H3. The highest BCUT2D eigenvalue weighted by Crippen LogP contribution is 2.19. The molecule has 1 rings (SSSR count). The van der Waals surface area contributed by atoms with Crippen molar-refractivity contribution in [3.8, 4) is 0 Å². The molecule has 0 atom stereocenters. The van der Waals surface area contributed by atoms with E-state index < -0.39 is 0 Å². The second kappa shape index (κ2) is 7.07. The van der Waals surface area contributed by atoms with Crippen LogP contribution in [0.5, 0.6) is 0 Å². The van der Waals surface area contributed by atoms with E-state index in [1.165, 1.54) is 0 Å². The molecule has 0 aromatic carbocycles. The minimum atomic E-state index is 0.369. The van der Waals surface area contributed by atoms with Gasteiger partial charge in [-0.15, -0.1) is 0 Å². The first-order valence-corrected chi connectivity index (χ1v) is 7.76. The third-order valence-electron chi connectivity index (χ3n) is 2.82. The second-order valence-corrected chi connectivity index (χ2v) is 6.00. The van der Waals surface area contributed by atoms with Gasteiger partial charge in [0.1, 0.15) is 11.6 Å². The molecule has 1 aromatic heterocycles. The van der Waals surface area contributed by atoms with Gasteiger partial charge in [-0.25, -0.2) is 9.97 Å². The van der Waals surface area contributed by atoms with Crippen LogP contribution in [0.25, 0.3) is 0 Å². The van der Waals surface area contributed by atoms with Gasteiger partial charge < -0.3 is 4.90 Å². The second-order valence-electron chi connectivity index (χ2n) is 5.21. The molecule has 0 saturated carbocycles. The van der Waals surface area contributed by atoms with Crippen LogP contribution in [0.3, 0.4) is 0 Å². The van der Waals surface area contributed by atoms with Gasteiger partial charge in [-0.3, -0.25) is 0 Å². The number of hydrogen-bond acceptors (Lipinski definition) is 3. The summed E-state index contributed by atoms with van der Waals surface area (Å²) in [4.78, 5) is 11.6. The van der Waals surface area contributed by atoms with Crippen molar-refractivity contribution in [1.82, 2.24) is 9.97 Å². The zero-order valence-corrected chi connectivity index (χ0v) is 13.7. The topological polar surface area (TPSA) is 29.0 Å². The maximum absolute atomic E-state index is 4.71. The molecule has 18 heavy (non-hydrogen) atoms. The molecule has 1 heterocycles. The van der Waals surface area contributed by atoms with Gasteiger partial charge in [-0.05, 0) is 27.2 Å². The third-order valence-corrected chi connectivity index (χ3v) is 3.39. The van der Waals surface area contributed by atoms with Gasteiger partial charge in [0.25, 0.3) is 0 Å². The molecule has 0 saturated heterocycles. The average molecular weight is 314 g/mol. The summed E-state index contributed by atoms with van der Waals surface area (Å²) in [7, 11) is 0. The molecule has 0 bridgehead atoms. The molecule has 0 radical (unpaired) electrons. The maximum Gasteiger partial charge on any atom is 0.133 e. The number of halogens is 1. The summed E-state index contributed by atoms with van der Waals surface area (Å²) in [5, 5.41) is 1.03. The van der Waals surface area contributed by atoms with Crippen molar-refractivity contribution in [2.75, 3.05) is 16.8 Å². The Balaban J connectivity index is 3.03. The lowest BCUT2D eigenvalue weighted by molar-refractivity contribution is 0.654. The minimum Gasteiger partial charge on any atom is -0.354 e. The number of alkyl halides is 1. The first kappa shape index (κ1) is 15.4. The van der Waals surface area contributed by atoms with E-state index in [9.17, 15) is 0 Å². The lowest BCUT2D eigenvalue weighted by Gasteiger charge is -2.28. The van der Waals surface area contributed by atoms with Crippen molar-refractivity contribution >= 4 is 21.7 Å². The van der Waals surface area contributed by atoms with Crippen LogP contribution in [0.4, 0.5) is 5.82 Å². The molecule has 0 aliphatic heterocycles. The Kier molecular flexibility index (Phi) is 6.06. The van der Waals surface area contributed by atoms with Crippen LogP contribution in [-0.2, 0) is 0 Å². The Hall–Kier alpha value is -0.640. The summed E-state index contributed by atoms with van der Waals surface area (Å²) in [6, 6.07) is 2.54. The molecule has 0 aliphatic carbocycles. The number of rotatable bonds is 6. The van der Waals surface area contributed by atoms with E-state index in [1.54, 1.807) is 0 Å². The first-order valence-electron chi connectivity index (χ1n) is 6.64. The van der Waals surface area contributed by atoms with Gasteiger partial charge >= 0.3 is 0 Å². The SMILES string of the molecule is Cc1cc(N(CCCBr)C(C)C)nc(C(C)C)n1. The van der Waals surface area contributed by atoms with E-state index in [0.29, 0.717) is 12.0 Å². The van der Waals surface area contributed by atoms with Crippen LogP contribution >= 0.6 is 15.9 Å². The number of aryl methyl sites for hydroxylation is 1. The van der Waals surface area contributed by atoms with Gasteiger partial charge in [0, 0.05) is 35.6 Å². The summed E-state index contributed by atoms with van der Waals surface area (Å²) in [6.07, 6.45) is 1.12. The molecule has 4 heteroatoms. The van der Waals surface area contributed by atoms with Gasteiger partial charge in [-0.2, -0.15) is 0 Å². The highest BCUT2D eigenvalue weighted by atomic mass is 79.9. The molecular weight excluding hydrogens is 290 g/mol. The highest BCUT2D eigenvalue weighted by molar-refractivity contribution is 9.09. The number of nitrogens with zero attached hydrogens (tertiary/aromatic N) is 3. The van der Waals surface area contributed by atoms with Crippen LogP contribution in [0.2, 0.25) is 0 Å². The van der Waals surface area contributed by atoms with Crippen molar-refractivity contribution in [2.24, 2.45) is 0 Å². The van der Waals surface area contributed by atoms with Crippen molar-refractivity contribution in [2.45, 2.75) is 53.0 Å². The molecule has 0 unspecified atom stereocenters. The Morgan fingerprint density at radius 3 is 2.39 bits per heavy atom. The highest BCUT2D eigenvalue weighted by Gasteiger charge is 2.14. The summed E-state index contributed by atoms with van der Waals surface area (Å²) in [5.74, 6) is 2.37. The zero-order valence-electron chi connectivity index (χ0n) is 12.1. The van der Waals surface area contributed by atoms with E-state index in [0.717, 1.165) is 35.6 Å². The maximum atomic E-state index is 4.71. The monoisotopic (exact) mass is 313 g/mol. The molecule has 102 valence electrons. The zero-order chi connectivity index (χ0) is 13.7. The van der Waals surface area contributed by atoms with Crippen LogP contribution in [0.15, 0.2) is 6.07 Å². The van der Waals surface area contributed by atoms with Crippen LogP contribution in [-0.4, -0.2) is 27.9 Å². The van der Waals surface area contributed by atoms with E-state index in [4.69, 9.17) is 4.98 Å². The molecule has 0 spiro atoms. The van der Waals surface area contributed by atoms with Gasteiger partial charge in [0.05, 0.1) is 0 Å². The quantitative estimate of drug-likeness (QED) is 0.746. The van der Waals surface area contributed by atoms with Crippen LogP contribution in [0.1, 0.15) is 51.6 Å². The molecular formula is C14H24BrN3. The normalized spacial score (nSPS) is 11.3. The third kappa shape index (κ3) is 4.23. The fourth-order valence-corrected chi connectivity index (χ4v) is 2.10. The first-order chi connectivity index (χ1) is 8.45. The Labute approximate surface area is 119 Å². The summed E-state index contributed by atoms with van der Waals surface area (Å²) in [6.45, 7) is 11.8. The van der Waals surface area contributed by atoms with E-state index in [-0.39, 0.29) is 0 Å². The largest absolute Gasteiger partial charge is 0.354 e. The number of anilines is 1. The fourth-order valence-electron chi connectivity index (χ4n) is 1.85. The lowest BCUT2D eigenvalue weighted by Crippen LogP contribution is -2.33. The van der Waals surface area contributed by atoms with Gasteiger partial charge in [0.2, 0.25) is 0 Å². The number of aromatic nitrogens is 2. The van der Waals surface area contributed by atoms with Crippen molar-refractivity contribution in [3.63, 3.8) is 0 Å². The predicted molar refractivity (Wildman–Crippen MR) is 81.8 cm³/mol. The van der Waals surface area contributed by atoms with Gasteiger partial charge in [0.15, 0.2) is 0 Å². The minimum absolute atomic E-state index is 0.369. The summed E-state index contributed by atoms with van der Waals surface area (Å²) < 4.78 is 0. The van der Waals surface area contributed by atoms with Crippen LogP contribution in [0, 0.1) is 6.92 Å². The Bertz CT molecular complexity index is 377. The molecule has 0 N–H and O–H groups in total. The summed E-state index contributed by atoms with van der Waals surface area (Å²) >= 11 is 3.49. The molecule has 0 fully saturated rings. The average Bonchev–Trinajstić information content (AvgIpc) is 2.28. The van der Waals surface area contributed by atoms with Crippen molar-refractivity contribution < 1.29 is 0 Å². The van der Waals surface area contributed by atoms with Crippen LogP contribution < -0.4 is 4.90 Å². The van der Waals surface area contributed by atoms with Crippen molar-refractivity contribution in [1.29, 1.82) is 0 Å². The van der Waals surface area contributed by atoms with E-state index >= 15 is 0 Å². The molecule has 0 amide bonds. The smallest absolute Gasteiger partial charge is 0.133 e. The Morgan fingerprint density at radius 2 is 1.89 bits per heavy atom.